The summed E-state index contributed by atoms with van der Waals surface area (Å²) in [6.07, 6.45) is 0.0695. The van der Waals surface area contributed by atoms with Gasteiger partial charge >= 0.3 is 6.18 Å². The molecule has 4 nitrogen and oxygen atoms in total. The van der Waals surface area contributed by atoms with Gasteiger partial charge in [0.25, 0.3) is 0 Å². The first-order valence-corrected chi connectivity index (χ1v) is 11.2. The van der Waals surface area contributed by atoms with Crippen LogP contribution in [0.25, 0.3) is 0 Å². The number of amides is 1. The number of carbonyl (C=O) groups excluding carboxylic acids is 1. The first-order valence-electron chi connectivity index (χ1n) is 10.1. The van der Waals surface area contributed by atoms with E-state index in [0.717, 1.165) is 18.6 Å². The molecule has 0 atom stereocenters. The van der Waals surface area contributed by atoms with Gasteiger partial charge in [-0.15, -0.1) is 0 Å². The van der Waals surface area contributed by atoms with E-state index in [1.165, 1.54) is 12.1 Å². The number of carbonyl (C=O) groups is 1. The van der Waals surface area contributed by atoms with Gasteiger partial charge in [0, 0.05) is 18.0 Å². The minimum Gasteiger partial charge on any atom is -0.484 e. The number of halogens is 3. The Morgan fingerprint density at radius 3 is 2.38 bits per heavy atom. The predicted octanol–water partition coefficient (Wildman–Crippen LogP) is 4.80. The third-order valence-electron chi connectivity index (χ3n) is 5.92. The zero-order valence-corrected chi connectivity index (χ0v) is 17.5. The Hall–Kier alpha value is -1.41. The molecule has 1 aromatic rings. The molecule has 29 heavy (non-hydrogen) atoms. The van der Waals surface area contributed by atoms with Crippen LogP contribution in [0, 0.1) is 5.41 Å². The highest BCUT2D eigenvalue weighted by atomic mass is 32.2. The summed E-state index contributed by atoms with van der Waals surface area (Å²) < 4.78 is 41.5. The lowest BCUT2D eigenvalue weighted by Crippen LogP contribution is -2.44. The summed E-state index contributed by atoms with van der Waals surface area (Å²) in [6, 6.07) is 6.18. The van der Waals surface area contributed by atoms with Gasteiger partial charge in [0.2, 0.25) is 5.91 Å². The molecular weight excluding hydrogens is 403 g/mol. The number of anilines is 1. The summed E-state index contributed by atoms with van der Waals surface area (Å²) in [4.78, 5) is 14.9. The summed E-state index contributed by atoms with van der Waals surface area (Å²) in [5.41, 5.74) is -0.436. The molecule has 1 heterocycles. The molecule has 1 aliphatic heterocycles. The quantitative estimate of drug-likeness (QED) is 0.630. The molecule has 3 rings (SSSR count). The van der Waals surface area contributed by atoms with Crippen molar-refractivity contribution in [2.75, 3.05) is 29.6 Å². The number of thioether (sulfide) groups is 1. The molecule has 1 saturated carbocycles. The van der Waals surface area contributed by atoms with Crippen LogP contribution >= 0.6 is 11.8 Å². The van der Waals surface area contributed by atoms with Gasteiger partial charge in [0.1, 0.15) is 5.75 Å². The molecule has 1 N–H and O–H groups in total. The molecule has 8 heteroatoms. The topological polar surface area (TPSA) is 49.8 Å². The van der Waals surface area contributed by atoms with Crippen LogP contribution < -0.4 is 9.64 Å². The van der Waals surface area contributed by atoms with Gasteiger partial charge in [-0.1, -0.05) is 6.92 Å². The molecule has 1 aliphatic carbocycles. The van der Waals surface area contributed by atoms with E-state index < -0.39 is 23.8 Å². The Morgan fingerprint density at radius 2 is 1.79 bits per heavy atom. The lowest BCUT2D eigenvalue weighted by Gasteiger charge is -2.40. The van der Waals surface area contributed by atoms with Crippen LogP contribution in [-0.4, -0.2) is 47.4 Å². The molecule has 1 saturated heterocycles. The van der Waals surface area contributed by atoms with Crippen LogP contribution in [0.2, 0.25) is 0 Å². The summed E-state index contributed by atoms with van der Waals surface area (Å²) in [5, 5.41) is 10.8. The molecule has 162 valence electrons. The maximum absolute atomic E-state index is 13.2. The highest BCUT2D eigenvalue weighted by Crippen LogP contribution is 2.49. The molecule has 0 aromatic heterocycles. The second-order valence-electron chi connectivity index (χ2n) is 8.16. The highest BCUT2D eigenvalue weighted by Gasteiger charge is 2.51. The Bertz CT molecular complexity index is 700. The number of hydrogen-bond donors (Lipinski definition) is 1. The van der Waals surface area contributed by atoms with E-state index in [1.807, 2.05) is 0 Å². The fourth-order valence-corrected chi connectivity index (χ4v) is 5.26. The van der Waals surface area contributed by atoms with Crippen molar-refractivity contribution >= 4 is 23.4 Å². The lowest BCUT2D eigenvalue weighted by molar-refractivity contribution is -0.153. The van der Waals surface area contributed by atoms with Crippen molar-refractivity contribution < 1.29 is 27.8 Å². The van der Waals surface area contributed by atoms with Gasteiger partial charge in [0.15, 0.2) is 6.61 Å². The Morgan fingerprint density at radius 1 is 1.14 bits per heavy atom. The smallest absolute Gasteiger partial charge is 0.422 e. The second-order valence-corrected chi connectivity index (χ2v) is 9.27. The second kappa shape index (κ2) is 8.76. The summed E-state index contributed by atoms with van der Waals surface area (Å²) in [7, 11) is 0. The summed E-state index contributed by atoms with van der Waals surface area (Å²) in [6.45, 7) is 1.37. The average Bonchev–Trinajstić information content (AvgIpc) is 3.00. The fraction of sp³-hybridized carbons (Fsp3) is 0.667. The van der Waals surface area contributed by atoms with Crippen molar-refractivity contribution in [2.24, 2.45) is 5.41 Å². The van der Waals surface area contributed by atoms with Crippen LogP contribution in [0.4, 0.5) is 18.9 Å². The zero-order valence-electron chi connectivity index (χ0n) is 16.6. The van der Waals surface area contributed by atoms with E-state index >= 15 is 0 Å². The van der Waals surface area contributed by atoms with Gasteiger partial charge in [-0.05, 0) is 68.5 Å². The maximum Gasteiger partial charge on any atom is 0.422 e. The monoisotopic (exact) mass is 431 g/mol. The van der Waals surface area contributed by atoms with E-state index in [4.69, 9.17) is 4.74 Å². The first-order chi connectivity index (χ1) is 13.7. The van der Waals surface area contributed by atoms with Crippen LogP contribution in [0.3, 0.4) is 0 Å². The van der Waals surface area contributed by atoms with Gasteiger partial charge in [-0.3, -0.25) is 4.79 Å². The number of ether oxygens (including phenoxy) is 1. The van der Waals surface area contributed by atoms with E-state index in [2.05, 4.69) is 6.92 Å². The summed E-state index contributed by atoms with van der Waals surface area (Å²) in [5.74, 6) is 1.93. The number of alkyl halides is 3. The molecule has 0 bridgehead atoms. The van der Waals surface area contributed by atoms with E-state index in [-0.39, 0.29) is 11.7 Å². The van der Waals surface area contributed by atoms with E-state index in [1.54, 1.807) is 28.8 Å². The third kappa shape index (κ3) is 5.40. The standard InChI is InChI=1S/C21H28F3NO3S/c1-2-13-29-15-20(27)9-7-19(8-10-20)11-12-25(18(19)26)16-3-5-17(6-4-16)28-14-21(22,23)24/h3-6,27H,2,7-15H2,1H3/t19-,20+. The largest absolute Gasteiger partial charge is 0.484 e. The molecule has 2 aliphatic rings. The van der Waals surface area contributed by atoms with Crippen molar-refractivity contribution in [1.29, 1.82) is 0 Å². The minimum atomic E-state index is -4.38. The minimum absolute atomic E-state index is 0.0599. The third-order valence-corrected chi connectivity index (χ3v) is 7.36. The predicted molar refractivity (Wildman–Crippen MR) is 108 cm³/mol. The number of benzene rings is 1. The van der Waals surface area contributed by atoms with E-state index in [9.17, 15) is 23.1 Å². The molecular formula is C21H28F3NO3S. The number of hydrogen-bond acceptors (Lipinski definition) is 4. The average molecular weight is 432 g/mol. The van der Waals surface area contributed by atoms with Crippen LogP contribution in [0.15, 0.2) is 24.3 Å². The highest BCUT2D eigenvalue weighted by molar-refractivity contribution is 7.99. The molecule has 0 unspecified atom stereocenters. The molecule has 0 radical (unpaired) electrons. The Balaban J connectivity index is 1.59. The first kappa shape index (κ1) is 22.3. The zero-order chi connectivity index (χ0) is 21.1. The van der Waals surface area contributed by atoms with Crippen molar-refractivity contribution in [3.63, 3.8) is 0 Å². The molecule has 1 aromatic carbocycles. The van der Waals surface area contributed by atoms with Crippen molar-refractivity contribution in [3.8, 4) is 5.75 Å². The van der Waals surface area contributed by atoms with Crippen molar-refractivity contribution in [3.05, 3.63) is 24.3 Å². The summed E-state index contributed by atoms with van der Waals surface area (Å²) >= 11 is 1.77. The Labute approximate surface area is 173 Å². The number of nitrogens with zero attached hydrogens (tertiary/aromatic N) is 1. The normalized spacial score (nSPS) is 27.6. The van der Waals surface area contributed by atoms with Crippen molar-refractivity contribution in [2.45, 2.75) is 57.2 Å². The lowest BCUT2D eigenvalue weighted by atomic mass is 9.68. The molecule has 1 spiro atoms. The van der Waals surface area contributed by atoms with Gasteiger partial charge in [-0.25, -0.2) is 0 Å². The fourth-order valence-electron chi connectivity index (χ4n) is 4.16. The molecule has 2 fully saturated rings. The number of rotatable bonds is 7. The van der Waals surface area contributed by atoms with Crippen LogP contribution in [-0.2, 0) is 4.79 Å². The number of aliphatic hydroxyl groups is 1. The van der Waals surface area contributed by atoms with Crippen LogP contribution in [0.5, 0.6) is 5.75 Å². The van der Waals surface area contributed by atoms with Crippen molar-refractivity contribution in [1.82, 2.24) is 0 Å². The maximum atomic E-state index is 13.2. The Kier molecular flexibility index (Phi) is 6.73. The van der Waals surface area contributed by atoms with Gasteiger partial charge < -0.3 is 14.7 Å². The van der Waals surface area contributed by atoms with Crippen LogP contribution in [0.1, 0.15) is 45.4 Å². The van der Waals surface area contributed by atoms with Gasteiger partial charge in [0.05, 0.1) is 11.0 Å². The SMILES string of the molecule is CCCSC[C@]1(O)CC[C@]2(CCN(c3ccc(OCC(F)(F)F)cc3)C2=O)CC1. The molecule has 1 amide bonds. The van der Waals surface area contributed by atoms with Gasteiger partial charge in [-0.2, -0.15) is 24.9 Å². The van der Waals surface area contributed by atoms with E-state index in [0.29, 0.717) is 43.7 Å².